The van der Waals surface area contributed by atoms with E-state index in [9.17, 15) is 10.5 Å². The zero-order valence-corrected chi connectivity index (χ0v) is 26.1. The highest BCUT2D eigenvalue weighted by molar-refractivity contribution is 6.09. The molecule has 4 nitrogen and oxygen atoms in total. The minimum Gasteiger partial charge on any atom is -0.309 e. The molecule has 2 heterocycles. The molecular formula is C44H28N4. The van der Waals surface area contributed by atoms with Crippen LogP contribution in [0.25, 0.3) is 72.4 Å². The number of aryl methyl sites for hydroxylation is 1. The van der Waals surface area contributed by atoms with Gasteiger partial charge in [0.1, 0.15) is 6.07 Å². The van der Waals surface area contributed by atoms with Crippen molar-refractivity contribution in [2.75, 3.05) is 0 Å². The van der Waals surface area contributed by atoms with Crippen LogP contribution >= 0.6 is 0 Å². The van der Waals surface area contributed by atoms with Crippen LogP contribution < -0.4 is 0 Å². The fraction of sp³-hybridized carbons (Fsp3) is 0.0455. The summed E-state index contributed by atoms with van der Waals surface area (Å²) < 4.78 is 4.55. The van der Waals surface area contributed by atoms with E-state index in [1.54, 1.807) is 0 Å². The molecule has 1 aliphatic carbocycles. The van der Waals surface area contributed by atoms with Gasteiger partial charge in [-0.15, -0.1) is 0 Å². The van der Waals surface area contributed by atoms with Gasteiger partial charge in [-0.05, 0) is 95.8 Å². The summed E-state index contributed by atoms with van der Waals surface area (Å²) in [6.07, 6.45) is 6.36. The van der Waals surface area contributed by atoms with Gasteiger partial charge in [0.15, 0.2) is 0 Å². The average Bonchev–Trinajstić information content (AvgIpc) is 3.67. The molecule has 0 fully saturated rings. The fourth-order valence-electron chi connectivity index (χ4n) is 7.55. The topological polar surface area (TPSA) is 57.4 Å². The molecule has 0 saturated heterocycles. The molecule has 9 rings (SSSR count). The Morgan fingerprint density at radius 2 is 1.19 bits per heavy atom. The molecule has 4 heteroatoms. The molecule has 1 aliphatic rings. The first-order valence-corrected chi connectivity index (χ1v) is 16.2. The zero-order valence-electron chi connectivity index (χ0n) is 26.1. The summed E-state index contributed by atoms with van der Waals surface area (Å²) in [5.41, 5.74) is 12.7. The molecule has 224 valence electrons. The van der Waals surface area contributed by atoms with Crippen LogP contribution in [0.4, 0.5) is 0 Å². The monoisotopic (exact) mass is 612 g/mol. The standard InChI is InChI=1S/C44H28N4/c45-27-29-24-32(30-20-22-34(23-21-30)47-40-16-5-1-11-36(40)37-12-2-6-17-41(37)47)26-33(25-29)35-15-9-10-31(28-46)44(35)48-42-18-7-3-13-38(42)39-14-4-8-19-43(39)48/h1-3,5-13,15-26H,4,14H2. The number of hydrogen-bond donors (Lipinski definition) is 0. The summed E-state index contributed by atoms with van der Waals surface area (Å²) in [7, 11) is 0. The van der Waals surface area contributed by atoms with Crippen molar-refractivity contribution in [3.63, 3.8) is 0 Å². The van der Waals surface area contributed by atoms with E-state index in [-0.39, 0.29) is 0 Å². The van der Waals surface area contributed by atoms with E-state index in [2.05, 4.69) is 143 Å². The van der Waals surface area contributed by atoms with Crippen LogP contribution in [0.1, 0.15) is 28.8 Å². The third-order valence-electron chi connectivity index (χ3n) is 9.65. The van der Waals surface area contributed by atoms with Gasteiger partial charge in [-0.2, -0.15) is 10.5 Å². The van der Waals surface area contributed by atoms with Gasteiger partial charge in [-0.25, -0.2) is 0 Å². The Morgan fingerprint density at radius 3 is 1.88 bits per heavy atom. The average molecular weight is 613 g/mol. The highest BCUT2D eigenvalue weighted by atomic mass is 15.0. The Morgan fingerprint density at radius 1 is 0.542 bits per heavy atom. The molecule has 0 saturated carbocycles. The van der Waals surface area contributed by atoms with Gasteiger partial charge < -0.3 is 9.13 Å². The van der Waals surface area contributed by atoms with Crippen LogP contribution in [0.15, 0.2) is 140 Å². The van der Waals surface area contributed by atoms with E-state index in [1.807, 2.05) is 24.3 Å². The largest absolute Gasteiger partial charge is 0.309 e. The third-order valence-corrected chi connectivity index (χ3v) is 9.65. The van der Waals surface area contributed by atoms with Crippen molar-refractivity contribution in [2.45, 2.75) is 12.8 Å². The number of hydrogen-bond acceptors (Lipinski definition) is 2. The van der Waals surface area contributed by atoms with Crippen molar-refractivity contribution >= 4 is 38.8 Å². The van der Waals surface area contributed by atoms with Gasteiger partial charge in [0.05, 0.1) is 39.4 Å². The third kappa shape index (κ3) is 4.21. The molecule has 0 unspecified atom stereocenters. The van der Waals surface area contributed by atoms with Crippen molar-refractivity contribution in [1.29, 1.82) is 10.5 Å². The van der Waals surface area contributed by atoms with E-state index in [4.69, 9.17) is 0 Å². The SMILES string of the molecule is N#Cc1cc(-c2ccc(-n3c4ccccc4c4ccccc43)cc2)cc(-c2cccc(C#N)c2-n2c3c(c4ccccc42)CCC=C3)c1. The molecule has 8 aromatic rings. The molecule has 0 spiro atoms. The number of fused-ring (bicyclic) bond motifs is 6. The van der Waals surface area contributed by atoms with Crippen molar-refractivity contribution in [3.05, 3.63) is 162 Å². The highest BCUT2D eigenvalue weighted by Gasteiger charge is 2.23. The van der Waals surface area contributed by atoms with Gasteiger partial charge in [-0.3, -0.25) is 0 Å². The first-order valence-electron chi connectivity index (χ1n) is 16.2. The summed E-state index contributed by atoms with van der Waals surface area (Å²) >= 11 is 0. The minimum absolute atomic E-state index is 0.571. The van der Waals surface area contributed by atoms with E-state index < -0.39 is 0 Å². The fourth-order valence-corrected chi connectivity index (χ4v) is 7.55. The Hall–Kier alpha value is -6.62. The van der Waals surface area contributed by atoms with Gasteiger partial charge in [0.2, 0.25) is 0 Å². The molecule has 0 N–H and O–H groups in total. The first kappa shape index (κ1) is 27.7. The normalized spacial score (nSPS) is 12.3. The smallest absolute Gasteiger partial charge is 0.101 e. The summed E-state index contributed by atoms with van der Waals surface area (Å²) in [4.78, 5) is 0. The second-order valence-corrected chi connectivity index (χ2v) is 12.3. The Balaban J connectivity index is 1.21. The zero-order chi connectivity index (χ0) is 32.2. The maximum atomic E-state index is 10.4. The second-order valence-electron chi connectivity index (χ2n) is 12.3. The molecule has 0 amide bonds. The van der Waals surface area contributed by atoms with Crippen molar-refractivity contribution in [3.8, 4) is 45.8 Å². The van der Waals surface area contributed by atoms with Crippen LogP contribution in [-0.2, 0) is 6.42 Å². The maximum Gasteiger partial charge on any atom is 0.101 e. The molecular weight excluding hydrogens is 585 g/mol. The lowest BCUT2D eigenvalue weighted by molar-refractivity contribution is 0.967. The number of aromatic nitrogens is 2. The molecule has 0 aliphatic heterocycles. The van der Waals surface area contributed by atoms with Crippen LogP contribution in [-0.4, -0.2) is 9.13 Å². The molecule has 0 bridgehead atoms. The first-order chi connectivity index (χ1) is 23.7. The Labute approximate surface area is 278 Å². The number of benzene rings is 6. The lowest BCUT2D eigenvalue weighted by Crippen LogP contribution is -2.05. The summed E-state index contributed by atoms with van der Waals surface area (Å²) in [5, 5.41) is 24.3. The molecule has 48 heavy (non-hydrogen) atoms. The van der Waals surface area contributed by atoms with Crippen LogP contribution in [0.5, 0.6) is 0 Å². The van der Waals surface area contributed by atoms with Gasteiger partial charge in [0, 0.05) is 33.1 Å². The number of nitrogens with zero attached hydrogens (tertiary/aromatic N) is 4. The highest BCUT2D eigenvalue weighted by Crippen LogP contribution is 2.40. The number of rotatable bonds is 4. The molecule has 6 aromatic carbocycles. The Kier molecular flexibility index (Phi) is 6.35. The number of para-hydroxylation sites is 4. The summed E-state index contributed by atoms with van der Waals surface area (Å²) in [6, 6.07) is 50.8. The molecule has 2 aromatic heterocycles. The molecule has 0 radical (unpaired) electrons. The van der Waals surface area contributed by atoms with E-state index in [1.165, 1.54) is 32.8 Å². The van der Waals surface area contributed by atoms with Crippen LogP contribution in [0.2, 0.25) is 0 Å². The van der Waals surface area contributed by atoms with Crippen LogP contribution in [0.3, 0.4) is 0 Å². The van der Waals surface area contributed by atoms with Crippen molar-refractivity contribution in [1.82, 2.24) is 9.13 Å². The van der Waals surface area contributed by atoms with Gasteiger partial charge >= 0.3 is 0 Å². The lowest BCUT2D eigenvalue weighted by Gasteiger charge is -2.18. The predicted octanol–water partition coefficient (Wildman–Crippen LogP) is 10.8. The minimum atomic E-state index is 0.571. The second kappa shape index (κ2) is 11.0. The predicted molar refractivity (Wildman–Crippen MR) is 195 cm³/mol. The quantitative estimate of drug-likeness (QED) is 0.199. The summed E-state index contributed by atoms with van der Waals surface area (Å²) in [6.45, 7) is 0. The van der Waals surface area contributed by atoms with E-state index >= 15 is 0 Å². The number of nitriles is 2. The van der Waals surface area contributed by atoms with Gasteiger partial charge in [-0.1, -0.05) is 84.9 Å². The van der Waals surface area contributed by atoms with E-state index in [0.29, 0.717) is 11.1 Å². The Bertz CT molecular complexity index is 2630. The summed E-state index contributed by atoms with van der Waals surface area (Å²) in [5.74, 6) is 0. The number of allylic oxidation sites excluding steroid dienone is 1. The van der Waals surface area contributed by atoms with E-state index in [0.717, 1.165) is 57.7 Å². The van der Waals surface area contributed by atoms with Crippen molar-refractivity contribution in [2.24, 2.45) is 0 Å². The lowest BCUT2D eigenvalue weighted by atomic mass is 9.94. The van der Waals surface area contributed by atoms with Gasteiger partial charge in [0.25, 0.3) is 0 Å². The maximum absolute atomic E-state index is 10.4. The molecule has 0 atom stereocenters. The van der Waals surface area contributed by atoms with Crippen molar-refractivity contribution < 1.29 is 0 Å². The van der Waals surface area contributed by atoms with Crippen LogP contribution in [0, 0.1) is 22.7 Å².